The van der Waals surface area contributed by atoms with Crippen molar-refractivity contribution in [2.45, 2.75) is 25.0 Å². The van der Waals surface area contributed by atoms with Crippen molar-refractivity contribution in [2.24, 2.45) is 0 Å². The van der Waals surface area contributed by atoms with Gasteiger partial charge in [0.25, 0.3) is 0 Å². The predicted molar refractivity (Wildman–Crippen MR) is 55.8 cm³/mol. The van der Waals surface area contributed by atoms with Crippen molar-refractivity contribution in [1.29, 1.82) is 0 Å². The Hall–Kier alpha value is -0.730. The first-order chi connectivity index (χ1) is 6.84. The van der Waals surface area contributed by atoms with Gasteiger partial charge in [-0.3, -0.25) is 0 Å². The molecule has 3 heteroatoms. The molecule has 2 atom stereocenters. The first-order valence-corrected chi connectivity index (χ1v) is 5.42. The lowest BCUT2D eigenvalue weighted by molar-refractivity contribution is 0.154. The molecule has 0 radical (unpaired) electrons. The van der Waals surface area contributed by atoms with Crippen LogP contribution in [0, 0.1) is 0 Å². The zero-order chi connectivity index (χ0) is 9.54. The minimum atomic E-state index is 0.317. The molecule has 0 saturated carbocycles. The van der Waals surface area contributed by atoms with Gasteiger partial charge in [-0.15, -0.1) is 0 Å². The third kappa shape index (κ3) is 1.22. The van der Waals surface area contributed by atoms with E-state index in [4.69, 9.17) is 16.3 Å². The number of benzene rings is 1. The number of nitrogens with one attached hydrogen (secondary N) is 1. The van der Waals surface area contributed by atoms with Gasteiger partial charge in [0.1, 0.15) is 11.9 Å². The molecule has 1 saturated heterocycles. The van der Waals surface area contributed by atoms with Gasteiger partial charge >= 0.3 is 0 Å². The van der Waals surface area contributed by atoms with Crippen LogP contribution in [0.5, 0.6) is 5.75 Å². The van der Waals surface area contributed by atoms with Gasteiger partial charge in [-0.05, 0) is 31.5 Å². The quantitative estimate of drug-likeness (QED) is 0.709. The van der Waals surface area contributed by atoms with Gasteiger partial charge in [0, 0.05) is 10.6 Å². The Morgan fingerprint density at radius 1 is 1.43 bits per heavy atom. The third-order valence-electron chi connectivity index (χ3n) is 2.99. The number of rotatable bonds is 0. The van der Waals surface area contributed by atoms with Crippen LogP contribution in [0.2, 0.25) is 5.02 Å². The Labute approximate surface area is 88.2 Å². The number of halogens is 1. The van der Waals surface area contributed by atoms with E-state index in [0.717, 1.165) is 23.7 Å². The van der Waals surface area contributed by atoms with Gasteiger partial charge < -0.3 is 10.1 Å². The average molecular weight is 210 g/mol. The van der Waals surface area contributed by atoms with E-state index >= 15 is 0 Å². The molecular formula is C11H12ClNO. The molecule has 2 aliphatic rings. The van der Waals surface area contributed by atoms with Crippen LogP contribution in [0.15, 0.2) is 18.2 Å². The Morgan fingerprint density at radius 3 is 3.29 bits per heavy atom. The lowest BCUT2D eigenvalue weighted by Gasteiger charge is -2.25. The lowest BCUT2D eigenvalue weighted by atomic mass is 9.97. The van der Waals surface area contributed by atoms with Gasteiger partial charge in [-0.1, -0.05) is 17.7 Å². The zero-order valence-electron chi connectivity index (χ0n) is 7.79. The van der Waals surface area contributed by atoms with Crippen molar-refractivity contribution in [3.05, 3.63) is 28.8 Å². The summed E-state index contributed by atoms with van der Waals surface area (Å²) in [7, 11) is 0. The molecule has 1 aromatic rings. The highest BCUT2D eigenvalue weighted by Gasteiger charge is 2.35. The zero-order valence-corrected chi connectivity index (χ0v) is 8.55. The van der Waals surface area contributed by atoms with E-state index in [0.29, 0.717) is 12.1 Å². The number of hydrogen-bond donors (Lipinski definition) is 1. The molecule has 2 heterocycles. The summed E-state index contributed by atoms with van der Waals surface area (Å²) in [4.78, 5) is 0. The fraction of sp³-hybridized carbons (Fsp3) is 0.455. The van der Waals surface area contributed by atoms with E-state index in [-0.39, 0.29) is 0 Å². The highest BCUT2D eigenvalue weighted by Crippen LogP contribution is 2.40. The van der Waals surface area contributed by atoms with Gasteiger partial charge in [0.15, 0.2) is 0 Å². The summed E-state index contributed by atoms with van der Waals surface area (Å²) in [6, 6.07) is 6.30. The fourth-order valence-corrected chi connectivity index (χ4v) is 2.49. The second-order valence-electron chi connectivity index (χ2n) is 3.91. The lowest BCUT2D eigenvalue weighted by Crippen LogP contribution is -2.36. The van der Waals surface area contributed by atoms with Crippen LogP contribution in [0.25, 0.3) is 0 Å². The Morgan fingerprint density at radius 2 is 2.36 bits per heavy atom. The van der Waals surface area contributed by atoms with E-state index in [1.165, 1.54) is 12.0 Å². The van der Waals surface area contributed by atoms with Crippen molar-refractivity contribution in [2.75, 3.05) is 6.54 Å². The second-order valence-corrected chi connectivity index (χ2v) is 4.35. The third-order valence-corrected chi connectivity index (χ3v) is 3.23. The second kappa shape index (κ2) is 3.14. The van der Waals surface area contributed by atoms with Crippen LogP contribution >= 0.6 is 11.6 Å². The topological polar surface area (TPSA) is 21.3 Å². The van der Waals surface area contributed by atoms with Gasteiger partial charge in [-0.25, -0.2) is 0 Å². The molecule has 2 nitrogen and oxygen atoms in total. The molecule has 0 unspecified atom stereocenters. The molecule has 1 fully saturated rings. The van der Waals surface area contributed by atoms with Crippen LogP contribution in [-0.4, -0.2) is 12.6 Å². The van der Waals surface area contributed by atoms with Crippen LogP contribution in [0.4, 0.5) is 0 Å². The summed E-state index contributed by atoms with van der Waals surface area (Å²) < 4.78 is 5.84. The Bertz CT molecular complexity index is 366. The fourth-order valence-electron chi connectivity index (χ4n) is 2.33. The first kappa shape index (κ1) is 8.57. The number of fused-ring (bicyclic) bond motifs is 3. The van der Waals surface area contributed by atoms with E-state index in [2.05, 4.69) is 11.4 Å². The molecule has 2 aliphatic heterocycles. The minimum Gasteiger partial charge on any atom is -0.488 e. The maximum Gasteiger partial charge on any atom is 0.126 e. The minimum absolute atomic E-state index is 0.317. The van der Waals surface area contributed by atoms with E-state index in [1.54, 1.807) is 0 Å². The van der Waals surface area contributed by atoms with Crippen LogP contribution in [0.3, 0.4) is 0 Å². The normalized spacial score (nSPS) is 29.2. The SMILES string of the molecule is Clc1ccc2c(c1)O[C@H]1CCCN[C@@H]21. The molecule has 0 amide bonds. The maximum absolute atomic E-state index is 5.92. The van der Waals surface area contributed by atoms with Gasteiger partial charge in [-0.2, -0.15) is 0 Å². The van der Waals surface area contributed by atoms with Crippen LogP contribution < -0.4 is 10.1 Å². The molecule has 1 aromatic carbocycles. The molecule has 14 heavy (non-hydrogen) atoms. The summed E-state index contributed by atoms with van der Waals surface area (Å²) in [5.41, 5.74) is 1.26. The first-order valence-electron chi connectivity index (χ1n) is 5.04. The summed E-state index contributed by atoms with van der Waals surface area (Å²) in [5.74, 6) is 0.960. The molecule has 0 spiro atoms. The largest absolute Gasteiger partial charge is 0.488 e. The highest BCUT2D eigenvalue weighted by molar-refractivity contribution is 6.30. The van der Waals surface area contributed by atoms with Crippen molar-refractivity contribution < 1.29 is 4.74 Å². The van der Waals surface area contributed by atoms with E-state index in [1.807, 2.05) is 12.1 Å². The summed E-state index contributed by atoms with van der Waals surface area (Å²) in [5, 5.41) is 4.24. The molecule has 74 valence electrons. The number of piperidine rings is 1. The van der Waals surface area contributed by atoms with Gasteiger partial charge in [0.05, 0.1) is 6.04 Å². The Kier molecular flexibility index (Phi) is 1.92. The Balaban J connectivity index is 2.01. The van der Waals surface area contributed by atoms with E-state index < -0.39 is 0 Å². The van der Waals surface area contributed by atoms with Crippen molar-refractivity contribution in [3.8, 4) is 5.75 Å². The molecule has 0 bridgehead atoms. The molecule has 0 aliphatic carbocycles. The van der Waals surface area contributed by atoms with Crippen LogP contribution in [0.1, 0.15) is 24.4 Å². The summed E-state index contributed by atoms with van der Waals surface area (Å²) >= 11 is 5.92. The van der Waals surface area contributed by atoms with Crippen molar-refractivity contribution >= 4 is 11.6 Å². The predicted octanol–water partition coefficient (Wildman–Crippen LogP) is 2.53. The standard InChI is InChI=1S/C11H12ClNO/c12-7-3-4-8-10(6-7)14-9-2-1-5-13-11(8)9/h3-4,6,9,11,13H,1-2,5H2/t9-,11-/m0/s1. The number of hydrogen-bond acceptors (Lipinski definition) is 2. The highest BCUT2D eigenvalue weighted by atomic mass is 35.5. The summed E-state index contributed by atoms with van der Waals surface area (Å²) in [6.45, 7) is 1.09. The average Bonchev–Trinajstić information content (AvgIpc) is 2.54. The van der Waals surface area contributed by atoms with Crippen molar-refractivity contribution in [1.82, 2.24) is 5.32 Å². The maximum atomic E-state index is 5.92. The summed E-state index contributed by atoms with van der Waals surface area (Å²) in [6.07, 6.45) is 2.66. The smallest absolute Gasteiger partial charge is 0.126 e. The monoisotopic (exact) mass is 209 g/mol. The molecular weight excluding hydrogens is 198 g/mol. The van der Waals surface area contributed by atoms with Gasteiger partial charge in [0.2, 0.25) is 0 Å². The van der Waals surface area contributed by atoms with Crippen molar-refractivity contribution in [3.63, 3.8) is 0 Å². The number of ether oxygens (including phenoxy) is 1. The molecule has 0 aromatic heterocycles. The van der Waals surface area contributed by atoms with Crippen LogP contribution in [-0.2, 0) is 0 Å². The van der Waals surface area contributed by atoms with E-state index in [9.17, 15) is 0 Å². The molecule has 3 rings (SSSR count). The molecule has 1 N–H and O–H groups in total.